The lowest BCUT2D eigenvalue weighted by atomic mass is 10.1. The molecule has 2 aromatic rings. The molecule has 2 aromatic carbocycles. The minimum atomic E-state index is 0.149. The van der Waals surface area contributed by atoms with Gasteiger partial charge in [-0.15, -0.1) is 23.5 Å². The second-order valence-corrected chi connectivity index (χ2v) is 8.25. The molecule has 0 atom stereocenters. The molecule has 0 nitrogen and oxygen atoms in total. The van der Waals surface area contributed by atoms with Crippen molar-refractivity contribution in [3.05, 3.63) is 58.1 Å². The minimum Gasteiger partial charge on any atom is -0.134 e. The topological polar surface area (TPSA) is 0 Å². The maximum atomic E-state index is 3.73. The highest BCUT2D eigenvalue weighted by Crippen LogP contribution is 2.64. The number of halogens is 1. The molecule has 0 unspecified atom stereocenters. The lowest BCUT2D eigenvalue weighted by Crippen LogP contribution is -2.12. The number of rotatable bonds is 0. The Hall–Kier alpha value is -0.380. The van der Waals surface area contributed by atoms with Crippen molar-refractivity contribution < 1.29 is 0 Å². The quantitative estimate of drug-likeness (QED) is 0.656. The zero-order valence-corrected chi connectivity index (χ0v) is 12.9. The Labute approximate surface area is 124 Å². The van der Waals surface area contributed by atoms with E-state index in [0.29, 0.717) is 0 Å². The van der Waals surface area contributed by atoms with Gasteiger partial charge >= 0.3 is 0 Å². The fourth-order valence-corrected chi connectivity index (χ4v) is 6.90. The number of fused-ring (bicyclic) bond motifs is 5. The number of thioether (sulfide) groups is 2. The number of hydrogen-bond acceptors (Lipinski definition) is 2. The molecule has 0 amide bonds. The molecule has 0 aromatic heterocycles. The van der Waals surface area contributed by atoms with Gasteiger partial charge in [0.25, 0.3) is 0 Å². The summed E-state index contributed by atoms with van der Waals surface area (Å²) < 4.78 is 1.37. The van der Waals surface area contributed by atoms with Gasteiger partial charge in [0.2, 0.25) is 0 Å². The lowest BCUT2D eigenvalue weighted by Gasteiger charge is -2.24. The summed E-state index contributed by atoms with van der Waals surface area (Å²) in [6.45, 7) is 0. The first kappa shape index (κ1) is 11.4. The van der Waals surface area contributed by atoms with Gasteiger partial charge in [-0.3, -0.25) is 0 Å². The van der Waals surface area contributed by atoms with E-state index in [4.69, 9.17) is 0 Å². The van der Waals surface area contributed by atoms with Crippen LogP contribution in [-0.4, -0.2) is 11.5 Å². The van der Waals surface area contributed by atoms with E-state index in [2.05, 4.69) is 81.9 Å². The fraction of sp³-hybridized carbons (Fsp3) is 0.200. The molecule has 0 radical (unpaired) electrons. The van der Waals surface area contributed by atoms with Crippen LogP contribution in [0.25, 0.3) is 11.1 Å². The maximum Gasteiger partial charge on any atom is 0.113 e. The number of benzene rings is 2. The highest BCUT2D eigenvalue weighted by molar-refractivity contribution is 9.10. The molecule has 1 aliphatic heterocycles. The molecule has 90 valence electrons. The van der Waals surface area contributed by atoms with Crippen LogP contribution in [0.3, 0.4) is 0 Å². The molecule has 1 saturated heterocycles. The molecule has 4 rings (SSSR count). The zero-order chi connectivity index (χ0) is 12.2. The molecule has 2 aliphatic rings. The predicted molar refractivity (Wildman–Crippen MR) is 85.3 cm³/mol. The van der Waals surface area contributed by atoms with Crippen LogP contribution in [0.5, 0.6) is 0 Å². The van der Waals surface area contributed by atoms with Gasteiger partial charge < -0.3 is 0 Å². The Morgan fingerprint density at radius 3 is 2.44 bits per heavy atom. The first-order chi connectivity index (χ1) is 8.83. The monoisotopic (exact) mass is 334 g/mol. The van der Waals surface area contributed by atoms with E-state index in [9.17, 15) is 0 Å². The molecule has 1 heterocycles. The van der Waals surface area contributed by atoms with Crippen molar-refractivity contribution in [3.8, 4) is 11.1 Å². The summed E-state index contributed by atoms with van der Waals surface area (Å²) in [6.07, 6.45) is 0. The van der Waals surface area contributed by atoms with E-state index in [0.717, 1.165) is 0 Å². The third-order valence-electron chi connectivity index (χ3n) is 3.61. The molecule has 0 bridgehead atoms. The largest absolute Gasteiger partial charge is 0.134 e. The van der Waals surface area contributed by atoms with Crippen LogP contribution in [0.2, 0.25) is 0 Å². The van der Waals surface area contributed by atoms with E-state index in [-0.39, 0.29) is 4.08 Å². The van der Waals surface area contributed by atoms with E-state index in [1.807, 2.05) is 0 Å². The molecule has 0 N–H and O–H groups in total. The second kappa shape index (κ2) is 4.06. The van der Waals surface area contributed by atoms with Crippen LogP contribution in [0.4, 0.5) is 0 Å². The van der Waals surface area contributed by atoms with Gasteiger partial charge in [-0.1, -0.05) is 52.3 Å². The van der Waals surface area contributed by atoms with Crippen LogP contribution in [0.15, 0.2) is 46.9 Å². The van der Waals surface area contributed by atoms with Gasteiger partial charge in [0.05, 0.1) is 0 Å². The third-order valence-corrected chi connectivity index (χ3v) is 7.75. The standard InChI is InChI=1S/C15H11BrS2/c16-13-7-3-6-12-14(13)10-4-1-2-5-11(10)15(12)17-8-9-18-15/h1-7H,8-9H2. The lowest BCUT2D eigenvalue weighted by molar-refractivity contribution is 1.14. The maximum absolute atomic E-state index is 3.73. The average Bonchev–Trinajstić information content (AvgIpc) is 2.98. The van der Waals surface area contributed by atoms with Crippen molar-refractivity contribution in [2.45, 2.75) is 4.08 Å². The van der Waals surface area contributed by atoms with Crippen LogP contribution in [0, 0.1) is 0 Å². The summed E-state index contributed by atoms with van der Waals surface area (Å²) in [7, 11) is 0. The minimum absolute atomic E-state index is 0.149. The third kappa shape index (κ3) is 1.36. The Morgan fingerprint density at radius 1 is 0.889 bits per heavy atom. The van der Waals surface area contributed by atoms with Crippen molar-refractivity contribution >= 4 is 39.5 Å². The van der Waals surface area contributed by atoms with Gasteiger partial charge in [-0.25, -0.2) is 0 Å². The highest BCUT2D eigenvalue weighted by Gasteiger charge is 2.47. The Bertz CT molecular complexity index is 630. The molecule has 1 fully saturated rings. The first-order valence-electron chi connectivity index (χ1n) is 6.00. The average molecular weight is 335 g/mol. The summed E-state index contributed by atoms with van der Waals surface area (Å²) >= 11 is 7.91. The van der Waals surface area contributed by atoms with Crippen molar-refractivity contribution in [2.24, 2.45) is 0 Å². The zero-order valence-electron chi connectivity index (χ0n) is 9.65. The Morgan fingerprint density at radius 2 is 1.61 bits per heavy atom. The molecular formula is C15H11BrS2. The highest BCUT2D eigenvalue weighted by atomic mass is 79.9. The van der Waals surface area contributed by atoms with Gasteiger partial charge in [0, 0.05) is 21.5 Å². The predicted octanol–water partition coefficient (Wildman–Crippen LogP) is 5.11. The Balaban J connectivity index is 2.12. The smallest absolute Gasteiger partial charge is 0.113 e. The molecule has 0 saturated carbocycles. The normalized spacial score (nSPS) is 18.9. The van der Waals surface area contributed by atoms with Crippen molar-refractivity contribution in [3.63, 3.8) is 0 Å². The van der Waals surface area contributed by atoms with Crippen LogP contribution < -0.4 is 0 Å². The molecular weight excluding hydrogens is 324 g/mol. The molecule has 1 aliphatic carbocycles. The van der Waals surface area contributed by atoms with E-state index < -0.39 is 0 Å². The van der Waals surface area contributed by atoms with E-state index in [1.165, 1.54) is 38.2 Å². The van der Waals surface area contributed by atoms with Crippen molar-refractivity contribution in [2.75, 3.05) is 11.5 Å². The summed E-state index contributed by atoms with van der Waals surface area (Å²) in [5, 5.41) is 0. The van der Waals surface area contributed by atoms with Gasteiger partial charge in [-0.05, 0) is 22.8 Å². The molecule has 3 heteroatoms. The van der Waals surface area contributed by atoms with Crippen LogP contribution >= 0.6 is 39.5 Å². The first-order valence-corrected chi connectivity index (χ1v) is 8.76. The summed E-state index contributed by atoms with van der Waals surface area (Å²) in [5.74, 6) is 2.48. The van der Waals surface area contributed by atoms with Crippen molar-refractivity contribution in [1.82, 2.24) is 0 Å². The van der Waals surface area contributed by atoms with Crippen molar-refractivity contribution in [1.29, 1.82) is 0 Å². The number of hydrogen-bond donors (Lipinski definition) is 0. The van der Waals surface area contributed by atoms with Gasteiger partial charge in [-0.2, -0.15) is 0 Å². The second-order valence-electron chi connectivity index (χ2n) is 4.52. The molecule has 1 spiro atoms. The summed E-state index contributed by atoms with van der Waals surface area (Å²) in [5.41, 5.74) is 5.77. The fourth-order valence-electron chi connectivity index (χ4n) is 2.93. The van der Waals surface area contributed by atoms with Gasteiger partial charge in [0.1, 0.15) is 4.08 Å². The SMILES string of the molecule is Brc1cccc2c1-c1ccccc1C21SCCS1. The van der Waals surface area contributed by atoms with Crippen LogP contribution in [0.1, 0.15) is 11.1 Å². The summed E-state index contributed by atoms with van der Waals surface area (Å²) in [6, 6.07) is 15.5. The Kier molecular flexibility index (Phi) is 2.58. The summed E-state index contributed by atoms with van der Waals surface area (Å²) in [4.78, 5) is 0. The van der Waals surface area contributed by atoms with E-state index >= 15 is 0 Å². The van der Waals surface area contributed by atoms with Gasteiger partial charge in [0.15, 0.2) is 0 Å². The van der Waals surface area contributed by atoms with E-state index in [1.54, 1.807) is 0 Å². The van der Waals surface area contributed by atoms with Crippen LogP contribution in [-0.2, 0) is 4.08 Å². The molecule has 18 heavy (non-hydrogen) atoms.